The molecule has 3 amide bonds. The zero-order valence-corrected chi connectivity index (χ0v) is 22.0. The summed E-state index contributed by atoms with van der Waals surface area (Å²) in [7, 11) is 1.28. The van der Waals surface area contributed by atoms with E-state index in [0.717, 1.165) is 5.56 Å². The lowest BCUT2D eigenvalue weighted by molar-refractivity contribution is -0.148. The Morgan fingerprint density at radius 2 is 1.53 bits per heavy atom. The van der Waals surface area contributed by atoms with Crippen LogP contribution >= 0.6 is 0 Å². The summed E-state index contributed by atoms with van der Waals surface area (Å²) in [5.74, 6) is -2.26. The van der Waals surface area contributed by atoms with Gasteiger partial charge in [0, 0.05) is 7.11 Å². The first-order valence-corrected chi connectivity index (χ1v) is 11.9. The Morgan fingerprint density at radius 3 is 2.03 bits per heavy atom. The second-order valence-corrected chi connectivity index (χ2v) is 9.94. The number of carbonyl (C=O) groups excluding carboxylic acids is 4. The highest BCUT2D eigenvalue weighted by Crippen LogP contribution is 2.29. The smallest absolute Gasteiger partial charge is 0.408 e. The zero-order valence-electron chi connectivity index (χ0n) is 22.0. The minimum Gasteiger partial charge on any atom is -0.444 e. The van der Waals surface area contributed by atoms with Crippen LogP contribution in [0.15, 0.2) is 30.3 Å². The van der Waals surface area contributed by atoms with Crippen molar-refractivity contribution in [1.82, 2.24) is 16.0 Å². The number of methoxy groups -OCH3 is 1. The number of hydrogen-bond acceptors (Lipinski definition) is 8. The van der Waals surface area contributed by atoms with Gasteiger partial charge in [0.2, 0.25) is 11.8 Å². The monoisotopic (exact) mass is 543 g/mol. The molecule has 3 N–H and O–H groups in total. The predicted molar refractivity (Wildman–Crippen MR) is 130 cm³/mol. The van der Waals surface area contributed by atoms with E-state index in [4.69, 9.17) is 14.2 Å². The maximum Gasteiger partial charge on any atom is 0.408 e. The molecule has 1 fully saturated rings. The molecule has 4 atom stereocenters. The zero-order chi connectivity index (χ0) is 28.5. The number of ketones is 1. The molecule has 2 rings (SSSR count). The predicted octanol–water partition coefficient (Wildman–Crippen LogP) is 1.34. The summed E-state index contributed by atoms with van der Waals surface area (Å²) >= 11 is 0. The third kappa shape index (κ3) is 10.3. The van der Waals surface area contributed by atoms with Crippen LogP contribution in [0.3, 0.4) is 0 Å². The Balaban J connectivity index is 2.18. The normalized spacial score (nSPS) is 19.2. The van der Waals surface area contributed by atoms with Gasteiger partial charge in [0.25, 0.3) is 0 Å². The molecule has 1 aromatic rings. The number of alkyl carbamates (subject to hydrolysis) is 1. The number of halogens is 2. The Morgan fingerprint density at radius 1 is 0.974 bits per heavy atom. The summed E-state index contributed by atoms with van der Waals surface area (Å²) in [6.45, 7) is 2.20. The molecule has 0 unspecified atom stereocenters. The molecule has 212 valence electrons. The number of ether oxygens (including phenoxy) is 4. The molecule has 0 aromatic heterocycles. The molecule has 38 heavy (non-hydrogen) atoms. The molecule has 13 heteroatoms. The third-order valence-electron chi connectivity index (χ3n) is 5.38. The maximum absolute atomic E-state index is 13.1. The van der Waals surface area contributed by atoms with E-state index in [1.165, 1.54) is 7.11 Å². The van der Waals surface area contributed by atoms with Crippen LogP contribution in [0, 0.1) is 0 Å². The molecule has 1 aliphatic heterocycles. The molecule has 1 saturated heterocycles. The van der Waals surface area contributed by atoms with Gasteiger partial charge in [-0.15, -0.1) is 0 Å². The van der Waals surface area contributed by atoms with Crippen molar-refractivity contribution in [2.45, 2.75) is 70.1 Å². The topological polar surface area (TPSA) is 145 Å². The Bertz CT molecular complexity index is 967. The lowest BCUT2D eigenvalue weighted by atomic mass is 9.94. The molecule has 0 saturated carbocycles. The number of benzene rings is 1. The van der Waals surface area contributed by atoms with Crippen LogP contribution in [0.2, 0.25) is 0 Å². The van der Waals surface area contributed by atoms with E-state index in [-0.39, 0.29) is 19.6 Å². The van der Waals surface area contributed by atoms with E-state index in [0.29, 0.717) is 0 Å². The van der Waals surface area contributed by atoms with Gasteiger partial charge in [-0.3, -0.25) is 14.4 Å². The number of nitrogens with one attached hydrogen (secondary N) is 3. The standard InChI is InChI=1S/C25H35F2N3O8/c1-24(2,3)38-23(34)30-17(12-35-5)20(32)29-18(13-36-22(26)27)21(33)28-16(19(31)25(4)14-37-25)11-15-9-7-6-8-10-15/h6-10,16-18,22H,11-14H2,1-5H3,(H,28,33)(H,29,32)(H,30,34)/t16-,17-,18-,25+/m0/s1. The quantitative estimate of drug-likeness (QED) is 0.298. The molecule has 0 aliphatic carbocycles. The van der Waals surface area contributed by atoms with Gasteiger partial charge >= 0.3 is 12.7 Å². The molecule has 1 heterocycles. The molecule has 11 nitrogen and oxygen atoms in total. The number of epoxide rings is 1. The van der Waals surface area contributed by atoms with Crippen molar-refractivity contribution in [2.75, 3.05) is 26.9 Å². The van der Waals surface area contributed by atoms with E-state index in [9.17, 15) is 28.0 Å². The van der Waals surface area contributed by atoms with Gasteiger partial charge in [0.05, 0.1) is 25.9 Å². The third-order valence-corrected chi connectivity index (χ3v) is 5.38. The second kappa shape index (κ2) is 13.6. The highest BCUT2D eigenvalue weighted by molar-refractivity contribution is 5.98. The summed E-state index contributed by atoms with van der Waals surface area (Å²) in [6.07, 6.45) is -0.821. The summed E-state index contributed by atoms with van der Waals surface area (Å²) in [5.41, 5.74) is -1.19. The van der Waals surface area contributed by atoms with Crippen LogP contribution in [-0.4, -0.2) is 86.6 Å². The number of rotatable bonds is 14. The first-order chi connectivity index (χ1) is 17.7. The van der Waals surface area contributed by atoms with Gasteiger partial charge < -0.3 is 34.9 Å². The van der Waals surface area contributed by atoms with E-state index >= 15 is 0 Å². The van der Waals surface area contributed by atoms with E-state index in [1.54, 1.807) is 58.0 Å². The lowest BCUT2D eigenvalue weighted by Gasteiger charge is -2.26. The van der Waals surface area contributed by atoms with Crippen molar-refractivity contribution in [3.63, 3.8) is 0 Å². The molecular weight excluding hydrogens is 508 g/mol. The van der Waals surface area contributed by atoms with Crippen LogP contribution < -0.4 is 16.0 Å². The first-order valence-electron chi connectivity index (χ1n) is 11.9. The molecule has 1 aliphatic rings. The fraction of sp³-hybridized carbons (Fsp3) is 0.600. The van der Waals surface area contributed by atoms with Gasteiger partial charge in [-0.05, 0) is 39.7 Å². The number of hydrogen-bond donors (Lipinski definition) is 3. The Kier molecular flexibility index (Phi) is 11.1. The largest absolute Gasteiger partial charge is 0.444 e. The number of alkyl halides is 2. The average molecular weight is 544 g/mol. The summed E-state index contributed by atoms with van der Waals surface area (Å²) < 4.78 is 45.2. The van der Waals surface area contributed by atoms with Crippen molar-refractivity contribution in [3.05, 3.63) is 35.9 Å². The van der Waals surface area contributed by atoms with E-state index in [1.807, 2.05) is 0 Å². The van der Waals surface area contributed by atoms with Crippen molar-refractivity contribution in [3.8, 4) is 0 Å². The van der Waals surface area contributed by atoms with Crippen LogP contribution in [0.5, 0.6) is 0 Å². The van der Waals surface area contributed by atoms with Crippen molar-refractivity contribution < 1.29 is 46.9 Å². The fourth-order valence-electron chi connectivity index (χ4n) is 3.37. The average Bonchev–Trinajstić information content (AvgIpc) is 3.58. The van der Waals surface area contributed by atoms with E-state index < -0.39 is 66.2 Å². The Hall–Kier alpha value is -3.16. The highest BCUT2D eigenvalue weighted by atomic mass is 19.3. The van der Waals surface area contributed by atoms with Crippen molar-refractivity contribution >= 4 is 23.7 Å². The van der Waals surface area contributed by atoms with Gasteiger partial charge in [-0.2, -0.15) is 8.78 Å². The molecule has 0 spiro atoms. The fourth-order valence-corrected chi connectivity index (χ4v) is 3.37. The number of amides is 3. The van der Waals surface area contributed by atoms with Crippen LogP contribution in [0.25, 0.3) is 0 Å². The summed E-state index contributed by atoms with van der Waals surface area (Å²) in [5, 5.41) is 7.13. The van der Waals surface area contributed by atoms with Gasteiger partial charge in [0.15, 0.2) is 5.78 Å². The van der Waals surface area contributed by atoms with E-state index in [2.05, 4.69) is 20.7 Å². The molecule has 0 bridgehead atoms. The SMILES string of the molecule is COC[C@H](NC(=O)OC(C)(C)C)C(=O)N[C@@H](COC(F)F)C(=O)N[C@@H](Cc1ccccc1)C(=O)[C@@]1(C)CO1. The summed E-state index contributed by atoms with van der Waals surface area (Å²) in [6, 6.07) is 4.82. The van der Waals surface area contributed by atoms with Crippen molar-refractivity contribution in [2.24, 2.45) is 0 Å². The maximum atomic E-state index is 13.1. The first kappa shape index (κ1) is 31.1. The van der Waals surface area contributed by atoms with Gasteiger partial charge in [-0.1, -0.05) is 30.3 Å². The minimum atomic E-state index is -3.22. The number of Topliss-reactive ketones (excluding diaryl/α,β-unsaturated/α-hetero) is 1. The number of carbonyl (C=O) groups is 4. The minimum absolute atomic E-state index is 0.104. The van der Waals surface area contributed by atoms with Gasteiger partial charge in [0.1, 0.15) is 23.3 Å². The van der Waals surface area contributed by atoms with Crippen LogP contribution in [-0.2, 0) is 39.8 Å². The molecule has 0 radical (unpaired) electrons. The van der Waals surface area contributed by atoms with Crippen LogP contribution in [0.4, 0.5) is 13.6 Å². The summed E-state index contributed by atoms with van der Waals surface area (Å²) in [4.78, 5) is 51.3. The lowest BCUT2D eigenvalue weighted by Crippen LogP contribution is -2.59. The highest BCUT2D eigenvalue weighted by Gasteiger charge is 2.50. The second-order valence-electron chi connectivity index (χ2n) is 9.94. The molecular formula is C25H35F2N3O8. The van der Waals surface area contributed by atoms with Crippen LogP contribution in [0.1, 0.15) is 33.3 Å². The van der Waals surface area contributed by atoms with Crippen molar-refractivity contribution in [1.29, 1.82) is 0 Å². The van der Waals surface area contributed by atoms with Gasteiger partial charge in [-0.25, -0.2) is 4.79 Å². The Labute approximate surface area is 219 Å². The molecule has 1 aromatic carbocycles.